The third kappa shape index (κ3) is 6.45. The predicted octanol–water partition coefficient (Wildman–Crippen LogP) is 7.87. The maximum Gasteiger partial charge on any atom is 0.165 e. The van der Waals surface area contributed by atoms with Crippen molar-refractivity contribution in [1.82, 2.24) is 0 Å². The van der Waals surface area contributed by atoms with Gasteiger partial charge in [-0.15, -0.1) is 0 Å². The second-order valence-corrected chi connectivity index (χ2v) is 8.54. The Morgan fingerprint density at radius 3 is 2.24 bits per heavy atom. The number of carbonyl (C=O) groups is 1. The quantitative estimate of drug-likeness (QED) is 0.322. The number of carbonyl (C=O) groups excluding carboxylic acids is 1. The van der Waals surface area contributed by atoms with Gasteiger partial charge in [0.2, 0.25) is 0 Å². The van der Waals surface area contributed by atoms with Crippen molar-refractivity contribution in [1.29, 1.82) is 0 Å². The van der Waals surface area contributed by atoms with E-state index < -0.39 is 0 Å². The molecule has 0 aromatic heterocycles. The molecule has 0 fully saturated rings. The van der Waals surface area contributed by atoms with E-state index in [1.54, 1.807) is 24.3 Å². The van der Waals surface area contributed by atoms with Gasteiger partial charge in [-0.1, -0.05) is 65.1 Å². The van der Waals surface area contributed by atoms with Crippen molar-refractivity contribution < 1.29 is 4.79 Å². The number of anilines is 1. The molecule has 29 heavy (non-hydrogen) atoms. The Morgan fingerprint density at radius 1 is 0.966 bits per heavy atom. The summed E-state index contributed by atoms with van der Waals surface area (Å²) < 4.78 is 1.02. The average Bonchev–Trinajstić information content (AvgIpc) is 2.74. The maximum atomic E-state index is 12.9. The van der Waals surface area contributed by atoms with Crippen molar-refractivity contribution >= 4 is 39.0 Å². The molecule has 4 heteroatoms. The molecule has 2 nitrogen and oxygen atoms in total. The van der Waals surface area contributed by atoms with Crippen LogP contribution in [0, 0.1) is 0 Å². The Hall–Kier alpha value is -2.10. The summed E-state index contributed by atoms with van der Waals surface area (Å²) in [6.45, 7) is 2.20. The summed E-state index contributed by atoms with van der Waals surface area (Å²) in [5.41, 5.74) is 4.11. The summed E-state index contributed by atoms with van der Waals surface area (Å²) in [6, 6.07) is 23.6. The minimum atomic E-state index is -0.118. The van der Waals surface area contributed by atoms with E-state index in [-0.39, 0.29) is 11.8 Å². The zero-order valence-corrected chi connectivity index (χ0v) is 18.8. The maximum absolute atomic E-state index is 12.9. The first-order chi connectivity index (χ1) is 14.0. The summed E-state index contributed by atoms with van der Waals surface area (Å²) in [6.07, 6.45) is 3.85. The minimum Gasteiger partial charge on any atom is -0.378 e. The van der Waals surface area contributed by atoms with Crippen LogP contribution in [0.1, 0.15) is 53.7 Å². The van der Waals surface area contributed by atoms with Gasteiger partial charge in [0.05, 0.1) is 6.04 Å². The third-order valence-corrected chi connectivity index (χ3v) is 5.72. The van der Waals surface area contributed by atoms with E-state index in [1.807, 2.05) is 24.3 Å². The second kappa shape index (κ2) is 10.6. The minimum absolute atomic E-state index is 0.0849. The van der Waals surface area contributed by atoms with Crippen LogP contribution < -0.4 is 5.32 Å². The molecule has 0 radical (unpaired) electrons. The molecule has 0 bridgehead atoms. The van der Waals surface area contributed by atoms with Crippen LogP contribution in [0.4, 0.5) is 5.69 Å². The van der Waals surface area contributed by atoms with E-state index in [0.29, 0.717) is 17.0 Å². The average molecular weight is 471 g/mol. The first-order valence-electron chi connectivity index (χ1n) is 9.95. The van der Waals surface area contributed by atoms with E-state index in [0.717, 1.165) is 22.1 Å². The molecule has 0 spiro atoms. The highest BCUT2D eigenvalue weighted by molar-refractivity contribution is 9.10. The number of unbranched alkanes of at least 4 members (excludes halogenated alkanes) is 1. The molecule has 3 rings (SSSR count). The van der Waals surface area contributed by atoms with Gasteiger partial charge in [-0.2, -0.15) is 0 Å². The Balaban J connectivity index is 1.78. The molecule has 1 atom stereocenters. The van der Waals surface area contributed by atoms with E-state index in [1.165, 1.54) is 18.4 Å². The standard InChI is InChI=1S/C25H25BrClNO/c1-2-3-4-18-5-15-23(16-6-18)28-24(19-7-11-21(26)12-8-19)17-25(29)20-9-13-22(27)14-10-20/h5-16,24,28H,2-4,17H2,1H3/t24-/m1/s1. The lowest BCUT2D eigenvalue weighted by Crippen LogP contribution is -2.16. The SMILES string of the molecule is CCCCc1ccc(N[C@H](CC(=O)c2ccc(Cl)cc2)c2ccc(Br)cc2)cc1. The van der Waals surface area contributed by atoms with Crippen molar-refractivity contribution in [3.8, 4) is 0 Å². The highest BCUT2D eigenvalue weighted by atomic mass is 79.9. The Bertz CT molecular complexity index is 921. The Labute approximate surface area is 186 Å². The lowest BCUT2D eigenvalue weighted by molar-refractivity contribution is 0.0976. The number of halogens is 2. The molecule has 0 saturated heterocycles. The number of hydrogen-bond donors (Lipinski definition) is 1. The van der Waals surface area contributed by atoms with Crippen molar-refractivity contribution in [2.75, 3.05) is 5.32 Å². The number of rotatable bonds is 9. The smallest absolute Gasteiger partial charge is 0.165 e. The monoisotopic (exact) mass is 469 g/mol. The highest BCUT2D eigenvalue weighted by Crippen LogP contribution is 2.26. The van der Waals surface area contributed by atoms with Crippen LogP contribution in [0.3, 0.4) is 0 Å². The van der Waals surface area contributed by atoms with Crippen LogP contribution in [0.25, 0.3) is 0 Å². The molecule has 0 heterocycles. The number of Topliss-reactive ketones (excluding diaryl/α,β-unsaturated/α-hetero) is 1. The zero-order valence-electron chi connectivity index (χ0n) is 16.5. The molecule has 0 amide bonds. The summed E-state index contributed by atoms with van der Waals surface area (Å²) in [5, 5.41) is 4.18. The molecule has 0 aliphatic carbocycles. The second-order valence-electron chi connectivity index (χ2n) is 7.18. The van der Waals surface area contributed by atoms with E-state index in [9.17, 15) is 4.79 Å². The van der Waals surface area contributed by atoms with Crippen LogP contribution >= 0.6 is 27.5 Å². The Morgan fingerprint density at radius 2 is 1.62 bits per heavy atom. The van der Waals surface area contributed by atoms with Crippen LogP contribution in [-0.2, 0) is 6.42 Å². The number of benzene rings is 3. The molecular weight excluding hydrogens is 446 g/mol. The lowest BCUT2D eigenvalue weighted by atomic mass is 9.97. The van der Waals surface area contributed by atoms with Crippen molar-refractivity contribution in [2.45, 2.75) is 38.6 Å². The van der Waals surface area contributed by atoms with Gasteiger partial charge in [0.15, 0.2) is 5.78 Å². The van der Waals surface area contributed by atoms with E-state index in [4.69, 9.17) is 11.6 Å². The molecule has 150 valence electrons. The lowest BCUT2D eigenvalue weighted by Gasteiger charge is -2.20. The fraction of sp³-hybridized carbons (Fsp3) is 0.240. The van der Waals surface area contributed by atoms with Gasteiger partial charge in [0.1, 0.15) is 0 Å². The number of nitrogens with one attached hydrogen (secondary N) is 1. The van der Waals surface area contributed by atoms with Gasteiger partial charge in [0.25, 0.3) is 0 Å². The molecule has 0 unspecified atom stereocenters. The number of hydrogen-bond acceptors (Lipinski definition) is 2. The van der Waals surface area contributed by atoms with Crippen LogP contribution in [0.5, 0.6) is 0 Å². The molecule has 0 aliphatic rings. The molecule has 3 aromatic carbocycles. The highest BCUT2D eigenvalue weighted by Gasteiger charge is 2.17. The summed E-state index contributed by atoms with van der Waals surface area (Å²) in [4.78, 5) is 12.9. The summed E-state index contributed by atoms with van der Waals surface area (Å²) in [7, 11) is 0. The summed E-state index contributed by atoms with van der Waals surface area (Å²) >= 11 is 9.44. The normalized spacial score (nSPS) is 11.8. The third-order valence-electron chi connectivity index (χ3n) is 4.94. The number of aryl methyl sites for hydroxylation is 1. The van der Waals surface area contributed by atoms with Crippen molar-refractivity contribution in [3.63, 3.8) is 0 Å². The van der Waals surface area contributed by atoms with Gasteiger partial charge in [-0.05, 0) is 72.5 Å². The van der Waals surface area contributed by atoms with Crippen molar-refractivity contribution in [2.24, 2.45) is 0 Å². The zero-order chi connectivity index (χ0) is 20.6. The predicted molar refractivity (Wildman–Crippen MR) is 126 cm³/mol. The molecular formula is C25H25BrClNO. The largest absolute Gasteiger partial charge is 0.378 e. The molecule has 1 N–H and O–H groups in total. The van der Waals surface area contributed by atoms with E-state index in [2.05, 4.69) is 52.4 Å². The van der Waals surface area contributed by atoms with Crippen LogP contribution in [0.2, 0.25) is 5.02 Å². The Kier molecular flexibility index (Phi) is 7.91. The molecule has 0 saturated carbocycles. The van der Waals surface area contributed by atoms with Gasteiger partial charge in [-0.25, -0.2) is 0 Å². The topological polar surface area (TPSA) is 29.1 Å². The van der Waals surface area contributed by atoms with Crippen LogP contribution in [0.15, 0.2) is 77.3 Å². The molecule has 0 aliphatic heterocycles. The number of ketones is 1. The van der Waals surface area contributed by atoms with Gasteiger partial charge in [-0.3, -0.25) is 4.79 Å². The van der Waals surface area contributed by atoms with E-state index >= 15 is 0 Å². The van der Waals surface area contributed by atoms with Crippen molar-refractivity contribution in [3.05, 3.63) is 99.0 Å². The first kappa shape index (κ1) is 21.6. The molecule has 3 aromatic rings. The van der Waals surface area contributed by atoms with Gasteiger partial charge < -0.3 is 5.32 Å². The fourth-order valence-corrected chi connectivity index (χ4v) is 3.63. The van der Waals surface area contributed by atoms with Gasteiger partial charge in [0, 0.05) is 27.2 Å². The van der Waals surface area contributed by atoms with Crippen LogP contribution in [-0.4, -0.2) is 5.78 Å². The fourth-order valence-electron chi connectivity index (χ4n) is 3.24. The first-order valence-corrected chi connectivity index (χ1v) is 11.1. The van der Waals surface area contributed by atoms with Gasteiger partial charge >= 0.3 is 0 Å². The summed E-state index contributed by atoms with van der Waals surface area (Å²) in [5.74, 6) is 0.0849.